The lowest BCUT2D eigenvalue weighted by molar-refractivity contribution is -0.384. The number of thioether (sulfide) groups is 1. The minimum absolute atomic E-state index is 0.0656. The van der Waals surface area contributed by atoms with Gasteiger partial charge < -0.3 is 0 Å². The highest BCUT2D eigenvalue weighted by Gasteiger charge is 2.19. The maximum Gasteiger partial charge on any atom is 0.332 e. The summed E-state index contributed by atoms with van der Waals surface area (Å²) in [5, 5.41) is 12.2. The molecule has 0 radical (unpaired) electrons. The van der Waals surface area contributed by atoms with Crippen LogP contribution in [-0.4, -0.2) is 24.0 Å². The molecule has 0 N–H and O–H groups in total. The van der Waals surface area contributed by atoms with E-state index >= 15 is 0 Å². The van der Waals surface area contributed by atoms with Crippen molar-refractivity contribution in [1.82, 2.24) is 19.1 Å². The molecule has 0 amide bonds. The molecule has 0 bridgehead atoms. The van der Waals surface area contributed by atoms with Gasteiger partial charge in [-0.1, -0.05) is 29.8 Å². The minimum Gasteiger partial charge on any atom is -0.280 e. The fourth-order valence-corrected chi connectivity index (χ4v) is 4.46. The number of hydrogen-bond donors (Lipinski definition) is 0. The molecule has 0 aliphatic rings. The maximum absolute atomic E-state index is 12.9. The van der Waals surface area contributed by atoms with Gasteiger partial charge in [-0.15, -0.1) is 11.8 Å². The normalized spacial score (nSPS) is 11.1. The zero-order chi connectivity index (χ0) is 23.0. The average Bonchev–Trinajstić information content (AvgIpc) is 2.80. The number of halogens is 1. The largest absolute Gasteiger partial charge is 0.332 e. The van der Waals surface area contributed by atoms with E-state index in [4.69, 9.17) is 11.6 Å². The molecule has 4 rings (SSSR count). The van der Waals surface area contributed by atoms with E-state index in [9.17, 15) is 19.7 Å². The van der Waals surface area contributed by atoms with E-state index in [1.165, 1.54) is 54.7 Å². The Balaban J connectivity index is 1.91. The third kappa shape index (κ3) is 3.90. The van der Waals surface area contributed by atoms with E-state index in [-0.39, 0.29) is 22.5 Å². The fourth-order valence-electron chi connectivity index (χ4n) is 3.16. The van der Waals surface area contributed by atoms with E-state index in [2.05, 4.69) is 9.97 Å². The zero-order valence-corrected chi connectivity index (χ0v) is 18.6. The van der Waals surface area contributed by atoms with Gasteiger partial charge in [-0.25, -0.2) is 14.8 Å². The van der Waals surface area contributed by atoms with Gasteiger partial charge in [0.1, 0.15) is 10.4 Å². The maximum atomic E-state index is 12.9. The highest BCUT2D eigenvalue weighted by Crippen LogP contribution is 2.30. The number of nitro groups is 1. The molecule has 0 aliphatic carbocycles. The number of nitrogens with zero attached hydrogens (tertiary/aromatic N) is 5. The van der Waals surface area contributed by atoms with Crippen molar-refractivity contribution in [3.63, 3.8) is 0 Å². The van der Waals surface area contributed by atoms with Crippen molar-refractivity contribution >= 4 is 40.1 Å². The highest BCUT2D eigenvalue weighted by atomic mass is 35.5. The molecule has 0 saturated carbocycles. The summed E-state index contributed by atoms with van der Waals surface area (Å²) in [6, 6.07) is 13.1. The van der Waals surface area contributed by atoms with Crippen LogP contribution in [-0.2, 0) is 19.8 Å². The van der Waals surface area contributed by atoms with Crippen molar-refractivity contribution in [1.29, 1.82) is 0 Å². The molecule has 9 nitrogen and oxygen atoms in total. The molecule has 0 spiro atoms. The number of non-ortho nitro benzene ring substituents is 1. The number of fused-ring (bicyclic) bond motifs is 1. The van der Waals surface area contributed by atoms with E-state index in [0.29, 0.717) is 21.4 Å². The van der Waals surface area contributed by atoms with E-state index in [1.54, 1.807) is 6.07 Å². The smallest absolute Gasteiger partial charge is 0.280 e. The van der Waals surface area contributed by atoms with Crippen molar-refractivity contribution < 1.29 is 4.92 Å². The second kappa shape index (κ2) is 8.56. The number of nitro benzene ring substituents is 1. The lowest BCUT2D eigenvalue weighted by Gasteiger charge is -2.12. The van der Waals surface area contributed by atoms with E-state index in [1.807, 2.05) is 18.2 Å². The van der Waals surface area contributed by atoms with Crippen LogP contribution < -0.4 is 11.2 Å². The van der Waals surface area contributed by atoms with Crippen LogP contribution >= 0.6 is 23.4 Å². The molecular weight excluding hydrogens is 454 g/mol. The van der Waals surface area contributed by atoms with Gasteiger partial charge >= 0.3 is 5.69 Å². The summed E-state index contributed by atoms with van der Waals surface area (Å²) >= 11 is 7.57. The first-order valence-electron chi connectivity index (χ1n) is 9.36. The Bertz CT molecular complexity index is 1480. The molecule has 162 valence electrons. The number of aryl methyl sites for hydroxylation is 1. The average molecular weight is 470 g/mol. The van der Waals surface area contributed by atoms with Crippen LogP contribution in [0, 0.1) is 10.1 Å². The minimum atomic E-state index is -0.516. The molecule has 0 saturated heterocycles. The van der Waals surface area contributed by atoms with Gasteiger partial charge in [-0.05, 0) is 23.8 Å². The highest BCUT2D eigenvalue weighted by molar-refractivity contribution is 7.98. The zero-order valence-electron chi connectivity index (χ0n) is 17.0. The monoisotopic (exact) mass is 469 g/mol. The molecule has 2 aromatic carbocycles. The van der Waals surface area contributed by atoms with Crippen molar-refractivity contribution in [2.24, 2.45) is 14.1 Å². The van der Waals surface area contributed by atoms with Crippen LogP contribution in [0.4, 0.5) is 5.69 Å². The summed E-state index contributed by atoms with van der Waals surface area (Å²) in [5.74, 6) is 0.689. The molecule has 0 unspecified atom stereocenters. The third-order valence-electron chi connectivity index (χ3n) is 4.93. The molecule has 0 atom stereocenters. The summed E-state index contributed by atoms with van der Waals surface area (Å²) in [5.41, 5.74) is 0.486. The van der Waals surface area contributed by atoms with Gasteiger partial charge in [0.2, 0.25) is 0 Å². The van der Waals surface area contributed by atoms with Crippen LogP contribution in [0.3, 0.4) is 0 Å². The lowest BCUT2D eigenvalue weighted by atomic mass is 10.2. The Hall–Kier alpha value is -3.50. The Kier molecular flexibility index (Phi) is 5.81. The van der Waals surface area contributed by atoms with Crippen LogP contribution in [0.25, 0.3) is 22.4 Å². The first-order valence-corrected chi connectivity index (χ1v) is 10.7. The molecule has 4 aromatic rings. The van der Waals surface area contributed by atoms with Gasteiger partial charge in [-0.3, -0.25) is 24.0 Å². The topological polar surface area (TPSA) is 113 Å². The van der Waals surface area contributed by atoms with Crippen molar-refractivity contribution in [2.75, 3.05) is 0 Å². The molecule has 2 heterocycles. The Morgan fingerprint density at radius 3 is 2.38 bits per heavy atom. The van der Waals surface area contributed by atoms with Crippen LogP contribution in [0.15, 0.2) is 63.1 Å². The number of rotatable bonds is 5. The Morgan fingerprint density at radius 2 is 1.72 bits per heavy atom. The van der Waals surface area contributed by atoms with Crippen LogP contribution in [0.1, 0.15) is 5.56 Å². The predicted molar refractivity (Wildman–Crippen MR) is 123 cm³/mol. The first kappa shape index (κ1) is 21.7. The fraction of sp³-hybridized carbons (Fsp3) is 0.143. The van der Waals surface area contributed by atoms with Gasteiger partial charge in [0.05, 0.1) is 4.92 Å². The number of hydrogen-bond acceptors (Lipinski definition) is 7. The summed E-state index contributed by atoms with van der Waals surface area (Å²) in [4.78, 5) is 44.9. The summed E-state index contributed by atoms with van der Waals surface area (Å²) in [7, 11) is 2.93. The van der Waals surface area contributed by atoms with Crippen molar-refractivity contribution in [3.05, 3.63) is 90.1 Å². The molecular formula is C21H16ClN5O4S. The quantitative estimate of drug-likeness (QED) is 0.190. The second-order valence-electron chi connectivity index (χ2n) is 6.94. The second-order valence-corrected chi connectivity index (χ2v) is 8.31. The van der Waals surface area contributed by atoms with Crippen molar-refractivity contribution in [3.8, 4) is 11.4 Å². The summed E-state index contributed by atoms with van der Waals surface area (Å²) in [6.07, 6.45) is 0. The molecule has 11 heteroatoms. The van der Waals surface area contributed by atoms with Gasteiger partial charge in [-0.2, -0.15) is 0 Å². The Morgan fingerprint density at radius 1 is 1.03 bits per heavy atom. The summed E-state index contributed by atoms with van der Waals surface area (Å²) in [6.45, 7) is 0. The third-order valence-corrected chi connectivity index (χ3v) is 6.32. The number of benzene rings is 2. The van der Waals surface area contributed by atoms with E-state index in [0.717, 1.165) is 10.1 Å². The van der Waals surface area contributed by atoms with Crippen LogP contribution in [0.5, 0.6) is 0 Å². The van der Waals surface area contributed by atoms with Gasteiger partial charge in [0.25, 0.3) is 11.2 Å². The molecule has 2 aromatic heterocycles. The van der Waals surface area contributed by atoms with Crippen molar-refractivity contribution in [2.45, 2.75) is 10.8 Å². The standard InChI is InChI=1S/C21H16ClN5O4S/c1-25-18-16(20(28)26(2)21(25)29)19(32-11-13-5-3-4-6-15(13)22)24-17(23-18)12-7-9-14(10-8-12)27(30)31/h3-10H,11H2,1-2H3. The van der Waals surface area contributed by atoms with Gasteiger partial charge in [0.15, 0.2) is 11.5 Å². The van der Waals surface area contributed by atoms with E-state index < -0.39 is 16.2 Å². The molecule has 0 aliphatic heterocycles. The van der Waals surface area contributed by atoms with Gasteiger partial charge in [0, 0.05) is 42.6 Å². The predicted octanol–water partition coefficient (Wildman–Crippen LogP) is 3.55. The number of aromatic nitrogens is 4. The lowest BCUT2D eigenvalue weighted by Crippen LogP contribution is -2.37. The Labute approximate surface area is 190 Å². The SMILES string of the molecule is Cn1c(=O)c2c(SCc3ccccc3Cl)nc(-c3ccc([N+](=O)[O-])cc3)nc2n(C)c1=O. The van der Waals surface area contributed by atoms with Crippen LogP contribution in [0.2, 0.25) is 5.02 Å². The molecule has 32 heavy (non-hydrogen) atoms. The summed E-state index contributed by atoms with van der Waals surface area (Å²) < 4.78 is 2.30. The first-order chi connectivity index (χ1) is 15.3. The molecule has 0 fully saturated rings.